The van der Waals surface area contributed by atoms with Crippen molar-refractivity contribution in [1.82, 2.24) is 9.55 Å². The van der Waals surface area contributed by atoms with Gasteiger partial charge in [0.15, 0.2) is 0 Å². The molecule has 0 unspecified atom stereocenters. The number of hydrogen-bond donors (Lipinski definition) is 1. The molecule has 1 aromatic carbocycles. The quantitative estimate of drug-likeness (QED) is 0.834. The average Bonchev–Trinajstić information content (AvgIpc) is 2.64. The Labute approximate surface area is 95.9 Å². The van der Waals surface area contributed by atoms with Gasteiger partial charge in [-0.15, -0.1) is 0 Å². The van der Waals surface area contributed by atoms with Gasteiger partial charge < -0.3 is 10.3 Å². The first-order valence-electron chi connectivity index (χ1n) is 5.41. The summed E-state index contributed by atoms with van der Waals surface area (Å²) < 4.78 is 2.05. The van der Waals surface area contributed by atoms with Crippen molar-refractivity contribution in [3.05, 3.63) is 41.2 Å². The van der Waals surface area contributed by atoms with Crippen LogP contribution in [0.2, 0.25) is 0 Å². The van der Waals surface area contributed by atoms with Gasteiger partial charge in [0.25, 0.3) is 0 Å². The second kappa shape index (κ2) is 4.10. The highest BCUT2D eigenvalue weighted by Crippen LogP contribution is 2.21. The van der Waals surface area contributed by atoms with E-state index in [2.05, 4.69) is 37.0 Å². The fraction of sp³-hybridized carbons (Fsp3) is 0.308. The maximum Gasteiger partial charge on any atom is 0.139 e. The van der Waals surface area contributed by atoms with Gasteiger partial charge in [0.2, 0.25) is 0 Å². The molecule has 0 spiro atoms. The topological polar surface area (TPSA) is 43.8 Å². The zero-order chi connectivity index (χ0) is 11.7. The van der Waals surface area contributed by atoms with E-state index in [1.165, 1.54) is 11.1 Å². The molecule has 0 aliphatic carbocycles. The van der Waals surface area contributed by atoms with Crippen LogP contribution in [0.15, 0.2) is 24.4 Å². The molecule has 2 N–H and O–H groups in total. The molecule has 0 amide bonds. The molecule has 1 heterocycles. The lowest BCUT2D eigenvalue weighted by Gasteiger charge is -2.06. The zero-order valence-electron chi connectivity index (χ0n) is 9.99. The van der Waals surface area contributed by atoms with Gasteiger partial charge in [-0.1, -0.05) is 12.1 Å². The van der Waals surface area contributed by atoms with Crippen LogP contribution in [0.25, 0.3) is 11.4 Å². The molecule has 3 nitrogen and oxygen atoms in total. The monoisotopic (exact) mass is 215 g/mol. The van der Waals surface area contributed by atoms with E-state index in [9.17, 15) is 0 Å². The van der Waals surface area contributed by atoms with Crippen molar-refractivity contribution >= 4 is 0 Å². The molecule has 0 fully saturated rings. The normalized spacial score (nSPS) is 10.8. The Balaban J connectivity index is 2.50. The molecule has 2 rings (SSSR count). The van der Waals surface area contributed by atoms with Crippen LogP contribution in [0.1, 0.15) is 16.8 Å². The van der Waals surface area contributed by atoms with E-state index in [0.717, 1.165) is 17.1 Å². The molecule has 0 bridgehead atoms. The first kappa shape index (κ1) is 10.9. The van der Waals surface area contributed by atoms with Crippen LogP contribution in [0.3, 0.4) is 0 Å². The number of nitrogens with two attached hydrogens (primary N) is 1. The molecule has 0 saturated carbocycles. The van der Waals surface area contributed by atoms with Crippen molar-refractivity contribution in [3.8, 4) is 11.4 Å². The third kappa shape index (κ3) is 1.74. The number of aryl methyl sites for hydroxylation is 2. The summed E-state index contributed by atoms with van der Waals surface area (Å²) >= 11 is 0. The minimum atomic E-state index is 0.522. The lowest BCUT2D eigenvalue weighted by molar-refractivity contribution is 0.828. The Bertz CT molecular complexity index is 512. The maximum atomic E-state index is 5.64. The average molecular weight is 215 g/mol. The predicted molar refractivity (Wildman–Crippen MR) is 66.0 cm³/mol. The minimum Gasteiger partial charge on any atom is -0.330 e. The summed E-state index contributed by atoms with van der Waals surface area (Å²) in [7, 11) is 2.00. The van der Waals surface area contributed by atoms with Crippen LogP contribution in [-0.2, 0) is 13.6 Å². The second-order valence-corrected chi connectivity index (χ2v) is 4.14. The van der Waals surface area contributed by atoms with E-state index in [1.807, 2.05) is 17.8 Å². The number of aromatic nitrogens is 2. The van der Waals surface area contributed by atoms with Crippen molar-refractivity contribution < 1.29 is 0 Å². The Kier molecular flexibility index (Phi) is 2.79. The van der Waals surface area contributed by atoms with E-state index in [4.69, 9.17) is 5.73 Å². The molecule has 2 aromatic rings. The predicted octanol–water partition coefficient (Wildman–Crippen LogP) is 2.16. The molecule has 0 radical (unpaired) electrons. The summed E-state index contributed by atoms with van der Waals surface area (Å²) in [6.07, 6.45) is 1.84. The maximum absolute atomic E-state index is 5.64. The molecule has 1 aromatic heterocycles. The van der Waals surface area contributed by atoms with Gasteiger partial charge in [-0.2, -0.15) is 0 Å². The molecule has 16 heavy (non-hydrogen) atoms. The molecular weight excluding hydrogens is 198 g/mol. The highest BCUT2D eigenvalue weighted by Gasteiger charge is 2.08. The molecule has 0 saturated heterocycles. The Hall–Kier alpha value is -1.61. The van der Waals surface area contributed by atoms with Crippen LogP contribution < -0.4 is 5.73 Å². The zero-order valence-corrected chi connectivity index (χ0v) is 9.99. The largest absolute Gasteiger partial charge is 0.330 e. The van der Waals surface area contributed by atoms with Crippen LogP contribution in [0.5, 0.6) is 0 Å². The van der Waals surface area contributed by atoms with Crippen LogP contribution in [0, 0.1) is 13.8 Å². The van der Waals surface area contributed by atoms with Gasteiger partial charge in [0, 0.05) is 19.2 Å². The Morgan fingerprint density at radius 1 is 1.25 bits per heavy atom. The second-order valence-electron chi connectivity index (χ2n) is 4.14. The Morgan fingerprint density at radius 3 is 2.56 bits per heavy atom. The Morgan fingerprint density at radius 2 is 2.00 bits per heavy atom. The summed E-state index contributed by atoms with van der Waals surface area (Å²) in [5.41, 5.74) is 10.4. The van der Waals surface area contributed by atoms with Crippen LogP contribution >= 0.6 is 0 Å². The summed E-state index contributed by atoms with van der Waals surface area (Å²) in [6, 6.07) is 6.39. The molecule has 0 aliphatic rings. The summed E-state index contributed by atoms with van der Waals surface area (Å²) in [4.78, 5) is 4.41. The summed E-state index contributed by atoms with van der Waals surface area (Å²) in [5.74, 6) is 0.976. The van der Waals surface area contributed by atoms with Crippen molar-refractivity contribution in [1.29, 1.82) is 0 Å². The third-order valence-electron chi connectivity index (χ3n) is 3.06. The van der Waals surface area contributed by atoms with E-state index in [0.29, 0.717) is 6.54 Å². The minimum absolute atomic E-state index is 0.522. The lowest BCUT2D eigenvalue weighted by Crippen LogP contribution is -2.04. The van der Waals surface area contributed by atoms with E-state index >= 15 is 0 Å². The highest BCUT2D eigenvalue weighted by molar-refractivity contribution is 5.58. The number of hydrogen-bond acceptors (Lipinski definition) is 2. The first-order chi connectivity index (χ1) is 7.63. The van der Waals surface area contributed by atoms with Gasteiger partial charge in [-0.05, 0) is 31.0 Å². The van der Waals surface area contributed by atoms with E-state index in [-0.39, 0.29) is 0 Å². The van der Waals surface area contributed by atoms with Gasteiger partial charge in [-0.25, -0.2) is 4.98 Å². The van der Waals surface area contributed by atoms with Gasteiger partial charge in [-0.3, -0.25) is 0 Å². The van der Waals surface area contributed by atoms with Gasteiger partial charge >= 0.3 is 0 Å². The fourth-order valence-corrected chi connectivity index (χ4v) is 1.78. The first-order valence-corrected chi connectivity index (χ1v) is 5.41. The van der Waals surface area contributed by atoms with E-state index in [1.54, 1.807) is 0 Å². The third-order valence-corrected chi connectivity index (χ3v) is 3.06. The van der Waals surface area contributed by atoms with Crippen LogP contribution in [-0.4, -0.2) is 9.55 Å². The smallest absolute Gasteiger partial charge is 0.139 e. The number of nitrogens with zero attached hydrogens (tertiary/aromatic N) is 2. The standard InChI is InChI=1S/C13H17N3/c1-9-4-5-11(6-10(9)2)13-15-8-12(7-14)16(13)3/h4-6,8H,7,14H2,1-3H3. The number of benzene rings is 1. The molecule has 0 atom stereocenters. The molecular formula is C13H17N3. The van der Waals surface area contributed by atoms with Crippen LogP contribution in [0.4, 0.5) is 0 Å². The fourth-order valence-electron chi connectivity index (χ4n) is 1.78. The van der Waals surface area contributed by atoms with Gasteiger partial charge in [0.1, 0.15) is 5.82 Å². The van der Waals surface area contributed by atoms with Crippen molar-refractivity contribution in [3.63, 3.8) is 0 Å². The lowest BCUT2D eigenvalue weighted by atomic mass is 10.1. The van der Waals surface area contributed by atoms with Crippen molar-refractivity contribution in [2.75, 3.05) is 0 Å². The van der Waals surface area contributed by atoms with Gasteiger partial charge in [0.05, 0.1) is 11.9 Å². The molecule has 0 aliphatic heterocycles. The number of rotatable bonds is 2. The van der Waals surface area contributed by atoms with Crippen molar-refractivity contribution in [2.24, 2.45) is 12.8 Å². The van der Waals surface area contributed by atoms with E-state index < -0.39 is 0 Å². The molecule has 84 valence electrons. The molecule has 3 heteroatoms. The van der Waals surface area contributed by atoms with Crippen molar-refractivity contribution in [2.45, 2.75) is 20.4 Å². The summed E-state index contributed by atoms with van der Waals surface area (Å²) in [6.45, 7) is 4.75. The highest BCUT2D eigenvalue weighted by atomic mass is 15.1. The SMILES string of the molecule is Cc1ccc(-c2ncc(CN)n2C)cc1C. The number of imidazole rings is 1. The summed E-state index contributed by atoms with van der Waals surface area (Å²) in [5, 5.41) is 0.